The summed E-state index contributed by atoms with van der Waals surface area (Å²) in [5, 5.41) is 3.19. The van der Waals surface area contributed by atoms with Crippen molar-refractivity contribution in [3.8, 4) is 0 Å². The second-order valence-corrected chi connectivity index (χ2v) is 5.44. The van der Waals surface area contributed by atoms with Crippen molar-refractivity contribution >= 4 is 5.91 Å². The van der Waals surface area contributed by atoms with Crippen LogP contribution >= 0.6 is 0 Å². The van der Waals surface area contributed by atoms with Crippen molar-refractivity contribution in [2.24, 2.45) is 0 Å². The number of rotatable bonds is 6. The number of amides is 1. The van der Waals surface area contributed by atoms with Crippen LogP contribution in [-0.4, -0.2) is 43.7 Å². The number of hydrogen-bond donors (Lipinski definition) is 1. The van der Waals surface area contributed by atoms with Crippen LogP contribution in [0.4, 0.5) is 0 Å². The third-order valence-electron chi connectivity index (χ3n) is 3.77. The van der Waals surface area contributed by atoms with Crippen molar-refractivity contribution in [3.63, 3.8) is 0 Å². The highest BCUT2D eigenvalue weighted by Gasteiger charge is 2.16. The van der Waals surface area contributed by atoms with Crippen LogP contribution in [0.3, 0.4) is 0 Å². The minimum atomic E-state index is 0.117. The van der Waals surface area contributed by atoms with Gasteiger partial charge in [0.2, 0.25) is 5.91 Å². The van der Waals surface area contributed by atoms with Gasteiger partial charge < -0.3 is 15.0 Å². The second kappa shape index (κ2) is 7.41. The molecule has 0 spiro atoms. The Kier molecular flexibility index (Phi) is 5.56. The highest BCUT2D eigenvalue weighted by atomic mass is 16.5. The predicted molar refractivity (Wildman–Crippen MR) is 79.5 cm³/mol. The second-order valence-electron chi connectivity index (χ2n) is 5.44. The summed E-state index contributed by atoms with van der Waals surface area (Å²) in [4.78, 5) is 13.8. The van der Waals surface area contributed by atoms with E-state index in [4.69, 9.17) is 4.74 Å². The monoisotopic (exact) mass is 276 g/mol. The van der Waals surface area contributed by atoms with Crippen molar-refractivity contribution in [2.75, 3.05) is 26.7 Å². The third kappa shape index (κ3) is 4.32. The Morgan fingerprint density at radius 2 is 2.25 bits per heavy atom. The third-order valence-corrected chi connectivity index (χ3v) is 3.77. The number of likely N-dealkylation sites (N-methyl/N-ethyl adjacent to an activating group) is 1. The van der Waals surface area contributed by atoms with Crippen molar-refractivity contribution in [1.82, 2.24) is 10.2 Å². The molecule has 110 valence electrons. The molecule has 1 aliphatic heterocycles. The topological polar surface area (TPSA) is 41.6 Å². The Bertz CT molecular complexity index is 442. The molecule has 0 saturated carbocycles. The van der Waals surface area contributed by atoms with Crippen molar-refractivity contribution in [1.29, 1.82) is 0 Å². The quantitative estimate of drug-likeness (QED) is 0.860. The predicted octanol–water partition coefficient (Wildman–Crippen LogP) is 1.72. The van der Waals surface area contributed by atoms with Gasteiger partial charge in [0.15, 0.2) is 0 Å². The summed E-state index contributed by atoms with van der Waals surface area (Å²) >= 11 is 0. The number of nitrogens with one attached hydrogen (secondary N) is 1. The highest BCUT2D eigenvalue weighted by Crippen LogP contribution is 2.11. The maximum atomic E-state index is 12.1. The molecule has 1 N–H and O–H groups in total. The molecule has 1 heterocycles. The molecule has 1 fully saturated rings. The minimum absolute atomic E-state index is 0.117. The highest BCUT2D eigenvalue weighted by molar-refractivity contribution is 5.78. The lowest BCUT2D eigenvalue weighted by Gasteiger charge is -2.19. The molecule has 0 radical (unpaired) electrons. The minimum Gasteiger partial charge on any atom is -0.377 e. The summed E-state index contributed by atoms with van der Waals surface area (Å²) in [6, 6.07) is 8.17. The van der Waals surface area contributed by atoms with E-state index < -0.39 is 0 Å². The zero-order chi connectivity index (χ0) is 14.4. The standard InChI is InChI=1S/C16H24N2O2/c1-13-6-3-4-7-14(13)12-18(2)16(19)11-17-10-15-8-5-9-20-15/h3-4,6-7,15,17H,5,8-12H2,1-2H3. The van der Waals surface area contributed by atoms with Crippen LogP contribution in [0.15, 0.2) is 24.3 Å². The van der Waals surface area contributed by atoms with Gasteiger partial charge in [-0.3, -0.25) is 4.79 Å². The first-order valence-corrected chi connectivity index (χ1v) is 7.27. The molecule has 1 atom stereocenters. The lowest BCUT2D eigenvalue weighted by atomic mass is 10.1. The lowest BCUT2D eigenvalue weighted by molar-refractivity contribution is -0.129. The Hall–Kier alpha value is -1.39. The first-order chi connectivity index (χ1) is 9.66. The normalized spacial score (nSPS) is 18.2. The summed E-state index contributed by atoms with van der Waals surface area (Å²) in [7, 11) is 1.85. The van der Waals surface area contributed by atoms with Crippen LogP contribution < -0.4 is 5.32 Å². The number of carbonyl (C=O) groups is 1. The van der Waals surface area contributed by atoms with Gasteiger partial charge in [0.25, 0.3) is 0 Å². The number of ether oxygens (including phenoxy) is 1. The Morgan fingerprint density at radius 3 is 2.95 bits per heavy atom. The van der Waals surface area contributed by atoms with E-state index in [-0.39, 0.29) is 12.0 Å². The molecule has 0 aromatic heterocycles. The summed E-state index contributed by atoms with van der Waals surface area (Å²) in [6.45, 7) is 4.73. The van der Waals surface area contributed by atoms with Gasteiger partial charge in [0.1, 0.15) is 0 Å². The first-order valence-electron chi connectivity index (χ1n) is 7.27. The van der Waals surface area contributed by atoms with Crippen molar-refractivity contribution in [2.45, 2.75) is 32.4 Å². The fourth-order valence-corrected chi connectivity index (χ4v) is 2.41. The van der Waals surface area contributed by atoms with Gasteiger partial charge in [-0.05, 0) is 30.9 Å². The van der Waals surface area contributed by atoms with Crippen LogP contribution in [0, 0.1) is 6.92 Å². The Labute approximate surface area is 121 Å². The fourth-order valence-electron chi connectivity index (χ4n) is 2.41. The molecule has 2 rings (SSSR count). The lowest BCUT2D eigenvalue weighted by Crippen LogP contribution is -2.38. The van der Waals surface area contributed by atoms with Gasteiger partial charge in [0, 0.05) is 26.7 Å². The zero-order valence-electron chi connectivity index (χ0n) is 12.4. The molecule has 4 heteroatoms. The Balaban J connectivity index is 1.73. The molecule has 1 amide bonds. The van der Waals surface area contributed by atoms with E-state index in [0.29, 0.717) is 13.1 Å². The average Bonchev–Trinajstić information content (AvgIpc) is 2.94. The zero-order valence-corrected chi connectivity index (χ0v) is 12.4. The van der Waals surface area contributed by atoms with Crippen molar-refractivity contribution < 1.29 is 9.53 Å². The smallest absolute Gasteiger partial charge is 0.236 e. The van der Waals surface area contributed by atoms with Gasteiger partial charge in [0.05, 0.1) is 12.6 Å². The fraction of sp³-hybridized carbons (Fsp3) is 0.562. The molecule has 20 heavy (non-hydrogen) atoms. The average molecular weight is 276 g/mol. The summed E-state index contributed by atoms with van der Waals surface area (Å²) in [5.74, 6) is 0.117. The first kappa shape index (κ1) is 15.0. The van der Waals surface area contributed by atoms with E-state index >= 15 is 0 Å². The molecule has 0 bridgehead atoms. The number of benzene rings is 1. The number of aryl methyl sites for hydroxylation is 1. The SMILES string of the molecule is Cc1ccccc1CN(C)C(=O)CNCC1CCCO1. The molecule has 1 aromatic carbocycles. The number of nitrogens with zero attached hydrogens (tertiary/aromatic N) is 1. The van der Waals surface area contributed by atoms with E-state index in [0.717, 1.165) is 26.0 Å². The van der Waals surface area contributed by atoms with E-state index in [1.165, 1.54) is 11.1 Å². The van der Waals surface area contributed by atoms with Gasteiger partial charge in [-0.1, -0.05) is 24.3 Å². The van der Waals surface area contributed by atoms with Gasteiger partial charge in [-0.2, -0.15) is 0 Å². The van der Waals surface area contributed by atoms with Crippen LogP contribution in [-0.2, 0) is 16.1 Å². The van der Waals surface area contributed by atoms with E-state index in [2.05, 4.69) is 24.4 Å². The molecule has 4 nitrogen and oxygen atoms in total. The molecule has 1 unspecified atom stereocenters. The maximum Gasteiger partial charge on any atom is 0.236 e. The van der Waals surface area contributed by atoms with Gasteiger partial charge in [-0.15, -0.1) is 0 Å². The summed E-state index contributed by atoms with van der Waals surface area (Å²) in [5.41, 5.74) is 2.42. The number of carbonyl (C=O) groups excluding carboxylic acids is 1. The molecular weight excluding hydrogens is 252 g/mol. The Morgan fingerprint density at radius 1 is 1.45 bits per heavy atom. The van der Waals surface area contributed by atoms with Crippen LogP contribution in [0.1, 0.15) is 24.0 Å². The van der Waals surface area contributed by atoms with Gasteiger partial charge >= 0.3 is 0 Å². The molecular formula is C16H24N2O2. The van der Waals surface area contributed by atoms with Crippen LogP contribution in [0.2, 0.25) is 0 Å². The van der Waals surface area contributed by atoms with Gasteiger partial charge in [-0.25, -0.2) is 0 Å². The maximum absolute atomic E-state index is 12.1. The number of hydrogen-bond acceptors (Lipinski definition) is 3. The largest absolute Gasteiger partial charge is 0.377 e. The molecule has 1 aromatic rings. The summed E-state index contributed by atoms with van der Waals surface area (Å²) < 4.78 is 5.52. The molecule has 1 saturated heterocycles. The van der Waals surface area contributed by atoms with Crippen LogP contribution in [0.5, 0.6) is 0 Å². The van der Waals surface area contributed by atoms with E-state index in [1.807, 2.05) is 19.2 Å². The van der Waals surface area contributed by atoms with Crippen molar-refractivity contribution in [3.05, 3.63) is 35.4 Å². The van der Waals surface area contributed by atoms with E-state index in [9.17, 15) is 4.79 Å². The molecule has 1 aliphatic rings. The molecule has 0 aliphatic carbocycles. The van der Waals surface area contributed by atoms with Crippen LogP contribution in [0.25, 0.3) is 0 Å². The summed E-state index contributed by atoms with van der Waals surface area (Å²) in [6.07, 6.45) is 2.51. The van der Waals surface area contributed by atoms with E-state index in [1.54, 1.807) is 4.90 Å².